The first-order chi connectivity index (χ1) is 25.6. The van der Waals surface area contributed by atoms with Gasteiger partial charge in [-0.25, -0.2) is 0 Å². The molecule has 3 fully saturated rings. The highest BCUT2D eigenvalue weighted by molar-refractivity contribution is 5.88. The van der Waals surface area contributed by atoms with Crippen molar-refractivity contribution < 1.29 is 99.2 Å². The lowest BCUT2D eigenvalue weighted by atomic mass is 9.96. The van der Waals surface area contributed by atoms with Gasteiger partial charge in [0, 0.05) is 17.7 Å². The van der Waals surface area contributed by atoms with E-state index in [1.807, 2.05) is 0 Å². The second-order valence-electron chi connectivity index (χ2n) is 13.0. The second-order valence-corrected chi connectivity index (χ2v) is 13.0. The van der Waals surface area contributed by atoms with Crippen molar-refractivity contribution in [2.75, 3.05) is 13.2 Å². The van der Waals surface area contributed by atoms with E-state index in [0.717, 1.165) is 24.3 Å². The maximum atomic E-state index is 14.2. The molecule has 3 saturated heterocycles. The molecule has 0 bridgehead atoms. The maximum Gasteiger partial charge on any atom is 0.239 e. The van der Waals surface area contributed by atoms with Crippen LogP contribution in [0, 0.1) is 0 Å². The third-order valence-corrected chi connectivity index (χ3v) is 9.41. The van der Waals surface area contributed by atoms with Gasteiger partial charge in [-0.1, -0.05) is 0 Å². The highest BCUT2D eigenvalue weighted by Crippen LogP contribution is 2.41. The molecule has 54 heavy (non-hydrogen) atoms. The van der Waals surface area contributed by atoms with Gasteiger partial charge >= 0.3 is 0 Å². The Morgan fingerprint density at radius 3 is 1.93 bits per heavy atom. The van der Waals surface area contributed by atoms with Crippen molar-refractivity contribution >= 4 is 11.0 Å². The third-order valence-electron chi connectivity index (χ3n) is 9.41. The van der Waals surface area contributed by atoms with Gasteiger partial charge in [0.05, 0.1) is 19.3 Å². The minimum Gasteiger partial charge on any atom is -0.507 e. The summed E-state index contributed by atoms with van der Waals surface area (Å²) in [6.07, 6.45) is -25.7. The van der Waals surface area contributed by atoms with E-state index in [2.05, 4.69) is 0 Å². The predicted octanol–water partition coefficient (Wildman–Crippen LogP) is -4.21. The number of phenols is 3. The van der Waals surface area contributed by atoms with Crippen molar-refractivity contribution in [3.05, 3.63) is 40.6 Å². The Balaban J connectivity index is 1.43. The minimum absolute atomic E-state index is 0.131. The quantitative estimate of drug-likeness (QED) is 0.0917. The number of aliphatic hydroxyl groups excluding tert-OH is 10. The number of fused-ring (bicyclic) bond motifs is 1. The molecule has 13 N–H and O–H groups in total. The van der Waals surface area contributed by atoms with E-state index in [1.54, 1.807) is 0 Å². The van der Waals surface area contributed by atoms with Gasteiger partial charge in [0.1, 0.15) is 89.6 Å². The molecule has 3 aromatic rings. The van der Waals surface area contributed by atoms with Crippen LogP contribution in [0.25, 0.3) is 22.3 Å². The average molecular weight is 773 g/mol. The fourth-order valence-electron chi connectivity index (χ4n) is 6.39. The third kappa shape index (κ3) is 7.27. The number of aliphatic hydroxyl groups is 10. The van der Waals surface area contributed by atoms with Gasteiger partial charge in [-0.05, 0) is 25.1 Å². The molecule has 0 radical (unpaired) electrons. The fraction of sp³-hybridized carbons (Fsp3) is 0.545. The lowest BCUT2D eigenvalue weighted by Crippen LogP contribution is -2.65. The van der Waals surface area contributed by atoms with Crippen molar-refractivity contribution in [3.8, 4) is 40.1 Å². The molecule has 298 valence electrons. The summed E-state index contributed by atoms with van der Waals surface area (Å²) in [5, 5.41) is 134. The maximum absolute atomic E-state index is 14.2. The predicted molar refractivity (Wildman–Crippen MR) is 173 cm³/mol. The van der Waals surface area contributed by atoms with E-state index < -0.39 is 150 Å². The molecule has 0 amide bonds. The van der Waals surface area contributed by atoms with Gasteiger partial charge in [-0.2, -0.15) is 0 Å². The molecule has 0 spiro atoms. The van der Waals surface area contributed by atoms with Crippen LogP contribution < -0.4 is 14.9 Å². The van der Waals surface area contributed by atoms with Crippen molar-refractivity contribution in [3.63, 3.8) is 0 Å². The Morgan fingerprint density at radius 1 is 0.648 bits per heavy atom. The first-order valence-electron chi connectivity index (χ1n) is 16.5. The number of benzene rings is 2. The zero-order valence-corrected chi connectivity index (χ0v) is 28.0. The van der Waals surface area contributed by atoms with Gasteiger partial charge in [0.15, 0.2) is 23.5 Å². The molecular formula is C33H40O21. The summed E-state index contributed by atoms with van der Waals surface area (Å²) in [4.78, 5) is 14.2. The molecule has 6 rings (SSSR count). The summed E-state index contributed by atoms with van der Waals surface area (Å²) in [6, 6.07) is 5.14. The van der Waals surface area contributed by atoms with Crippen LogP contribution in [0.15, 0.2) is 39.5 Å². The van der Waals surface area contributed by atoms with Crippen molar-refractivity contribution in [1.82, 2.24) is 0 Å². The smallest absolute Gasteiger partial charge is 0.239 e. The van der Waals surface area contributed by atoms with Crippen LogP contribution in [0.5, 0.6) is 28.7 Å². The first-order valence-corrected chi connectivity index (χ1v) is 16.5. The molecule has 15 unspecified atom stereocenters. The molecule has 1 aromatic heterocycles. The summed E-state index contributed by atoms with van der Waals surface area (Å²) in [5.41, 5.74) is -1.68. The van der Waals surface area contributed by atoms with Gasteiger partial charge in [0.25, 0.3) is 0 Å². The van der Waals surface area contributed by atoms with E-state index in [4.69, 9.17) is 32.8 Å². The molecule has 0 aliphatic carbocycles. The van der Waals surface area contributed by atoms with E-state index in [0.29, 0.717) is 0 Å². The molecule has 21 heteroatoms. The van der Waals surface area contributed by atoms with Crippen molar-refractivity contribution in [2.24, 2.45) is 0 Å². The zero-order valence-electron chi connectivity index (χ0n) is 28.0. The monoisotopic (exact) mass is 772 g/mol. The van der Waals surface area contributed by atoms with Crippen LogP contribution in [0.1, 0.15) is 6.92 Å². The Morgan fingerprint density at radius 2 is 1.28 bits per heavy atom. The van der Waals surface area contributed by atoms with Crippen LogP contribution in [-0.4, -0.2) is 172 Å². The Kier molecular flexibility index (Phi) is 11.5. The highest BCUT2D eigenvalue weighted by Gasteiger charge is 2.52. The Bertz CT molecular complexity index is 1850. The number of rotatable bonds is 9. The van der Waals surface area contributed by atoms with Crippen LogP contribution in [0.2, 0.25) is 0 Å². The average Bonchev–Trinajstić information content (AvgIpc) is 3.13. The molecule has 3 aliphatic rings. The molecule has 4 heterocycles. The van der Waals surface area contributed by atoms with E-state index in [1.165, 1.54) is 13.0 Å². The van der Waals surface area contributed by atoms with Crippen LogP contribution in [-0.2, 0) is 18.9 Å². The number of phenolic OH excluding ortho intramolecular Hbond substituents is 3. The second kappa shape index (κ2) is 15.7. The van der Waals surface area contributed by atoms with Crippen LogP contribution in [0.3, 0.4) is 0 Å². The molecule has 0 saturated carbocycles. The number of aromatic hydroxyl groups is 3. The van der Waals surface area contributed by atoms with Crippen molar-refractivity contribution in [1.29, 1.82) is 0 Å². The normalized spacial score (nSPS) is 37.3. The van der Waals surface area contributed by atoms with Crippen LogP contribution >= 0.6 is 0 Å². The SMILES string of the molecule is CC1OC(O)C(O)C(O)C1OC1C(Oc2c(-c3ccc(O)c(O)c3)oc3cc(OC4OC(CO)C(O)C(O)C4O)cc(O)c3c2=O)OC(CO)C(O)C1O. The topological polar surface area (TPSA) is 349 Å². The molecule has 2 aromatic carbocycles. The molecule has 21 nitrogen and oxygen atoms in total. The van der Waals surface area contributed by atoms with E-state index >= 15 is 0 Å². The highest BCUT2D eigenvalue weighted by atomic mass is 16.7. The lowest BCUT2D eigenvalue weighted by Gasteiger charge is -2.46. The Labute approximate surface area is 303 Å². The fourth-order valence-corrected chi connectivity index (χ4v) is 6.39. The van der Waals surface area contributed by atoms with E-state index in [9.17, 15) is 71.2 Å². The summed E-state index contributed by atoms with van der Waals surface area (Å²) < 4.78 is 39.6. The summed E-state index contributed by atoms with van der Waals surface area (Å²) in [6.45, 7) is -0.295. The summed E-state index contributed by atoms with van der Waals surface area (Å²) in [5.74, 6) is -3.67. The van der Waals surface area contributed by atoms with Gasteiger partial charge < -0.3 is 99.2 Å². The lowest BCUT2D eigenvalue weighted by molar-refractivity contribution is -0.334. The van der Waals surface area contributed by atoms with Gasteiger partial charge in [-0.3, -0.25) is 4.79 Å². The molecule has 15 atom stereocenters. The first kappa shape index (κ1) is 39.8. The van der Waals surface area contributed by atoms with Crippen molar-refractivity contribution in [2.45, 2.75) is 99.0 Å². The number of ether oxygens (including phenoxy) is 6. The standard InChI is InChI=1S/C33H40O21/c1-9-27(24(44)25(45)31(47)48-9)53-30-23(43)20(40)17(8-35)52-33(30)54-29-21(41)18-14(38)5-11(49-32-26(46)22(42)19(39)16(7-34)51-32)6-15(18)50-28(29)10-2-3-12(36)13(37)4-10/h2-6,9,16-17,19-20,22-27,30-40,42-47H,7-8H2,1H3. The summed E-state index contributed by atoms with van der Waals surface area (Å²) in [7, 11) is 0. The molecular weight excluding hydrogens is 732 g/mol. The molecule has 3 aliphatic heterocycles. The Hall–Kier alpha value is -3.91. The van der Waals surface area contributed by atoms with Crippen LogP contribution in [0.4, 0.5) is 0 Å². The minimum atomic E-state index is -1.96. The number of hydrogen-bond donors (Lipinski definition) is 13. The zero-order chi connectivity index (χ0) is 39.3. The van der Waals surface area contributed by atoms with Gasteiger partial charge in [0.2, 0.25) is 23.8 Å². The number of hydrogen-bond acceptors (Lipinski definition) is 21. The summed E-state index contributed by atoms with van der Waals surface area (Å²) >= 11 is 0. The largest absolute Gasteiger partial charge is 0.507 e. The van der Waals surface area contributed by atoms with E-state index in [-0.39, 0.29) is 11.3 Å². The van der Waals surface area contributed by atoms with Gasteiger partial charge in [-0.15, -0.1) is 0 Å².